The molecule has 0 aliphatic heterocycles. The molecule has 18 heavy (non-hydrogen) atoms. The van der Waals surface area contributed by atoms with Crippen LogP contribution in [0, 0.1) is 0 Å². The molecule has 0 unspecified atom stereocenters. The normalized spacial score (nSPS) is 10.4. The van der Waals surface area contributed by atoms with Crippen molar-refractivity contribution in [3.05, 3.63) is 62.1 Å². The molecular formula is C13H9Cl4N. The first-order valence-corrected chi connectivity index (χ1v) is 6.69. The van der Waals surface area contributed by atoms with Crippen LogP contribution in [-0.2, 0) is 6.54 Å². The Morgan fingerprint density at radius 3 is 2.06 bits per heavy atom. The highest BCUT2D eigenvalue weighted by Crippen LogP contribution is 2.26. The van der Waals surface area contributed by atoms with Crippen LogP contribution < -0.4 is 5.32 Å². The van der Waals surface area contributed by atoms with Crippen molar-refractivity contribution in [1.82, 2.24) is 0 Å². The molecule has 0 atom stereocenters. The second-order valence-electron chi connectivity index (χ2n) is 3.76. The summed E-state index contributed by atoms with van der Waals surface area (Å²) in [5, 5.41) is 5.52. The number of benzene rings is 2. The minimum atomic E-state index is 0.519. The van der Waals surface area contributed by atoms with Gasteiger partial charge in [0, 0.05) is 22.3 Å². The fourth-order valence-electron chi connectivity index (χ4n) is 1.52. The van der Waals surface area contributed by atoms with Crippen LogP contribution in [0.1, 0.15) is 5.56 Å². The Morgan fingerprint density at radius 1 is 0.778 bits per heavy atom. The van der Waals surface area contributed by atoms with Gasteiger partial charge in [-0.3, -0.25) is 0 Å². The van der Waals surface area contributed by atoms with E-state index in [4.69, 9.17) is 46.4 Å². The molecular weight excluding hydrogens is 312 g/mol. The van der Waals surface area contributed by atoms with Crippen LogP contribution in [-0.4, -0.2) is 0 Å². The first-order valence-electron chi connectivity index (χ1n) is 5.18. The van der Waals surface area contributed by atoms with Gasteiger partial charge >= 0.3 is 0 Å². The third-order valence-electron chi connectivity index (χ3n) is 2.34. The lowest BCUT2D eigenvalue weighted by molar-refractivity contribution is 1.15. The third kappa shape index (κ3) is 3.69. The zero-order valence-electron chi connectivity index (χ0n) is 9.18. The molecule has 0 aliphatic rings. The molecule has 0 radical (unpaired) electrons. The van der Waals surface area contributed by atoms with Crippen LogP contribution in [0.5, 0.6) is 0 Å². The number of halogens is 4. The number of nitrogens with one attached hydrogen (secondary N) is 1. The summed E-state index contributed by atoms with van der Waals surface area (Å²) in [6, 6.07) is 10.8. The van der Waals surface area contributed by atoms with Gasteiger partial charge in [-0.25, -0.2) is 0 Å². The van der Waals surface area contributed by atoms with Crippen molar-refractivity contribution in [3.8, 4) is 0 Å². The summed E-state index contributed by atoms with van der Waals surface area (Å²) in [6.45, 7) is 0.609. The number of rotatable bonds is 3. The monoisotopic (exact) mass is 319 g/mol. The van der Waals surface area contributed by atoms with Gasteiger partial charge in [0.25, 0.3) is 0 Å². The Hall–Kier alpha value is -0.600. The van der Waals surface area contributed by atoms with E-state index in [0.29, 0.717) is 26.6 Å². The van der Waals surface area contributed by atoms with E-state index >= 15 is 0 Å². The fourth-order valence-corrected chi connectivity index (χ4v) is 2.39. The smallest absolute Gasteiger partial charge is 0.0612 e. The maximum atomic E-state index is 5.93. The molecule has 0 amide bonds. The van der Waals surface area contributed by atoms with Gasteiger partial charge in [-0.2, -0.15) is 0 Å². The van der Waals surface area contributed by atoms with Crippen LogP contribution >= 0.6 is 46.4 Å². The van der Waals surface area contributed by atoms with Crippen molar-refractivity contribution in [2.45, 2.75) is 6.54 Å². The van der Waals surface area contributed by atoms with Crippen molar-refractivity contribution in [2.75, 3.05) is 5.32 Å². The molecule has 0 aliphatic carbocycles. The van der Waals surface area contributed by atoms with Crippen molar-refractivity contribution >= 4 is 52.1 Å². The lowest BCUT2D eigenvalue weighted by atomic mass is 10.2. The molecule has 0 bridgehead atoms. The molecule has 1 nitrogen and oxygen atoms in total. The quantitative estimate of drug-likeness (QED) is 0.741. The molecule has 94 valence electrons. The van der Waals surface area contributed by atoms with Crippen LogP contribution in [0.4, 0.5) is 5.69 Å². The van der Waals surface area contributed by atoms with E-state index in [2.05, 4.69) is 5.32 Å². The van der Waals surface area contributed by atoms with Crippen LogP contribution in [0.3, 0.4) is 0 Å². The van der Waals surface area contributed by atoms with E-state index in [0.717, 1.165) is 11.3 Å². The van der Waals surface area contributed by atoms with E-state index in [1.54, 1.807) is 18.2 Å². The molecule has 0 fully saturated rings. The molecule has 2 rings (SSSR count). The molecule has 0 saturated carbocycles. The summed E-state index contributed by atoms with van der Waals surface area (Å²) < 4.78 is 0. The molecule has 2 aromatic rings. The SMILES string of the molecule is Clc1cc(Cl)cc(CNc2ccc(Cl)c(Cl)c2)c1. The highest BCUT2D eigenvalue weighted by molar-refractivity contribution is 6.42. The van der Waals surface area contributed by atoms with Gasteiger partial charge in [0.2, 0.25) is 0 Å². The fraction of sp³-hybridized carbons (Fsp3) is 0.0769. The second-order valence-corrected chi connectivity index (χ2v) is 5.45. The van der Waals surface area contributed by atoms with Gasteiger partial charge in [-0.1, -0.05) is 46.4 Å². The zero-order chi connectivity index (χ0) is 13.1. The largest absolute Gasteiger partial charge is 0.381 e. The average Bonchev–Trinajstić information content (AvgIpc) is 2.29. The van der Waals surface area contributed by atoms with Crippen LogP contribution in [0.15, 0.2) is 36.4 Å². The number of hydrogen-bond donors (Lipinski definition) is 1. The molecule has 2 aromatic carbocycles. The van der Waals surface area contributed by atoms with Crippen LogP contribution in [0.2, 0.25) is 20.1 Å². The van der Waals surface area contributed by atoms with E-state index < -0.39 is 0 Å². The Kier molecular flexibility index (Phi) is 4.63. The number of anilines is 1. The molecule has 0 saturated heterocycles. The van der Waals surface area contributed by atoms with Crippen molar-refractivity contribution in [1.29, 1.82) is 0 Å². The van der Waals surface area contributed by atoms with Crippen molar-refractivity contribution in [2.24, 2.45) is 0 Å². The van der Waals surface area contributed by atoms with Gasteiger partial charge in [0.05, 0.1) is 10.0 Å². The van der Waals surface area contributed by atoms with E-state index in [9.17, 15) is 0 Å². The van der Waals surface area contributed by atoms with Gasteiger partial charge in [-0.05, 0) is 42.0 Å². The Labute approximate surface area is 126 Å². The highest BCUT2D eigenvalue weighted by Gasteiger charge is 2.01. The average molecular weight is 321 g/mol. The Morgan fingerprint density at radius 2 is 1.44 bits per heavy atom. The summed E-state index contributed by atoms with van der Waals surface area (Å²) in [7, 11) is 0. The van der Waals surface area contributed by atoms with Crippen molar-refractivity contribution in [3.63, 3.8) is 0 Å². The van der Waals surface area contributed by atoms with E-state index in [1.807, 2.05) is 18.2 Å². The summed E-state index contributed by atoms with van der Waals surface area (Å²) in [5.41, 5.74) is 1.89. The third-order valence-corrected chi connectivity index (χ3v) is 3.51. The highest BCUT2D eigenvalue weighted by atomic mass is 35.5. The predicted molar refractivity (Wildman–Crippen MR) is 80.3 cm³/mol. The molecule has 5 heteroatoms. The topological polar surface area (TPSA) is 12.0 Å². The molecule has 0 heterocycles. The minimum Gasteiger partial charge on any atom is -0.381 e. The summed E-state index contributed by atoms with van der Waals surface area (Å²) >= 11 is 23.6. The minimum absolute atomic E-state index is 0.519. The number of hydrogen-bond acceptors (Lipinski definition) is 1. The summed E-state index contributed by atoms with van der Waals surface area (Å²) in [5.74, 6) is 0. The van der Waals surface area contributed by atoms with E-state index in [-0.39, 0.29) is 0 Å². The Balaban J connectivity index is 2.08. The molecule has 0 aromatic heterocycles. The van der Waals surface area contributed by atoms with Gasteiger partial charge in [0.15, 0.2) is 0 Å². The molecule has 1 N–H and O–H groups in total. The first kappa shape index (κ1) is 13.8. The van der Waals surface area contributed by atoms with E-state index in [1.165, 1.54) is 0 Å². The maximum Gasteiger partial charge on any atom is 0.0612 e. The standard InChI is InChI=1S/C13H9Cl4N/c14-9-3-8(4-10(15)5-9)7-18-11-1-2-12(16)13(17)6-11/h1-6,18H,7H2. The molecule has 0 spiro atoms. The Bertz CT molecular complexity index is 549. The summed E-state index contributed by atoms with van der Waals surface area (Å²) in [6.07, 6.45) is 0. The maximum absolute atomic E-state index is 5.93. The van der Waals surface area contributed by atoms with Crippen molar-refractivity contribution < 1.29 is 0 Å². The van der Waals surface area contributed by atoms with Gasteiger partial charge < -0.3 is 5.32 Å². The predicted octanol–water partition coefficient (Wildman–Crippen LogP) is 5.91. The lowest BCUT2D eigenvalue weighted by Gasteiger charge is -2.08. The van der Waals surface area contributed by atoms with Crippen LogP contribution in [0.25, 0.3) is 0 Å². The first-order chi connectivity index (χ1) is 8.54. The summed E-state index contributed by atoms with van der Waals surface area (Å²) in [4.78, 5) is 0. The van der Waals surface area contributed by atoms with Gasteiger partial charge in [0.1, 0.15) is 0 Å². The zero-order valence-corrected chi connectivity index (χ0v) is 12.2. The lowest BCUT2D eigenvalue weighted by Crippen LogP contribution is -1.99. The second kappa shape index (κ2) is 6.03. The van der Waals surface area contributed by atoms with Gasteiger partial charge in [-0.15, -0.1) is 0 Å².